The number of aromatic carboxylic acids is 1. The van der Waals surface area contributed by atoms with E-state index in [0.717, 1.165) is 16.8 Å². The Kier molecular flexibility index (Phi) is 4.78. The van der Waals surface area contributed by atoms with Gasteiger partial charge in [-0.2, -0.15) is 0 Å². The van der Waals surface area contributed by atoms with Crippen molar-refractivity contribution in [1.82, 2.24) is 0 Å². The Labute approximate surface area is 165 Å². The number of aliphatic hydroxyl groups is 1. The molecule has 1 aliphatic heterocycles. The molecule has 1 aliphatic rings. The molecule has 2 heterocycles. The molecule has 4 rings (SSSR count). The average Bonchev–Trinajstić information content (AvgIpc) is 3.26. The number of carbonyl (C=O) groups is 1. The highest BCUT2D eigenvalue weighted by molar-refractivity contribution is 7.14. The molecule has 27 heavy (non-hydrogen) atoms. The van der Waals surface area contributed by atoms with Gasteiger partial charge in [-0.15, -0.1) is 11.3 Å². The maximum Gasteiger partial charge on any atom is 0.339 e. The Morgan fingerprint density at radius 2 is 1.96 bits per heavy atom. The Balaban J connectivity index is 1.57. The number of rotatable bonds is 5. The van der Waals surface area contributed by atoms with Crippen molar-refractivity contribution in [2.24, 2.45) is 0 Å². The zero-order valence-electron chi connectivity index (χ0n) is 14.1. The SMILES string of the molecule is O=C(O)c1c(NC(O)C2Cc3ccccc3N2)csc1-c1ccc(Cl)cc1. The third kappa shape index (κ3) is 3.51. The number of carboxylic acids is 1. The van der Waals surface area contributed by atoms with Gasteiger partial charge in [-0.05, 0) is 35.7 Å². The molecular formula is C20H17ClN2O3S. The van der Waals surface area contributed by atoms with Crippen LogP contribution in [-0.4, -0.2) is 28.5 Å². The largest absolute Gasteiger partial charge is 0.478 e. The summed E-state index contributed by atoms with van der Waals surface area (Å²) in [6.45, 7) is 0. The summed E-state index contributed by atoms with van der Waals surface area (Å²) in [7, 11) is 0. The molecular weight excluding hydrogens is 384 g/mol. The van der Waals surface area contributed by atoms with Crippen LogP contribution in [0.1, 0.15) is 15.9 Å². The smallest absolute Gasteiger partial charge is 0.339 e. The second-order valence-electron chi connectivity index (χ2n) is 6.37. The number of nitrogens with one attached hydrogen (secondary N) is 2. The Hall–Kier alpha value is -2.54. The molecule has 4 N–H and O–H groups in total. The van der Waals surface area contributed by atoms with Crippen LogP contribution in [0.4, 0.5) is 11.4 Å². The van der Waals surface area contributed by atoms with E-state index in [1.165, 1.54) is 11.3 Å². The third-order valence-corrected chi connectivity index (χ3v) is 5.87. The summed E-state index contributed by atoms with van der Waals surface area (Å²) in [4.78, 5) is 12.5. The normalized spacial score (nSPS) is 16.4. The van der Waals surface area contributed by atoms with Crippen molar-refractivity contribution in [3.05, 3.63) is 70.1 Å². The van der Waals surface area contributed by atoms with Crippen LogP contribution in [0.2, 0.25) is 5.02 Å². The highest BCUT2D eigenvalue weighted by Crippen LogP contribution is 2.37. The highest BCUT2D eigenvalue weighted by Gasteiger charge is 2.28. The summed E-state index contributed by atoms with van der Waals surface area (Å²) in [5, 5.41) is 28.9. The predicted molar refractivity (Wildman–Crippen MR) is 109 cm³/mol. The van der Waals surface area contributed by atoms with E-state index in [1.807, 2.05) is 24.3 Å². The van der Waals surface area contributed by atoms with Gasteiger partial charge in [0.1, 0.15) is 11.8 Å². The zero-order chi connectivity index (χ0) is 19.0. The van der Waals surface area contributed by atoms with E-state index in [1.54, 1.807) is 29.6 Å². The number of hydrogen-bond donors (Lipinski definition) is 4. The number of benzene rings is 2. The molecule has 3 aromatic rings. The fourth-order valence-corrected chi connectivity index (χ4v) is 4.40. The number of anilines is 2. The lowest BCUT2D eigenvalue weighted by atomic mass is 10.1. The van der Waals surface area contributed by atoms with Crippen LogP contribution in [-0.2, 0) is 6.42 Å². The van der Waals surface area contributed by atoms with Gasteiger partial charge >= 0.3 is 5.97 Å². The molecule has 0 aliphatic carbocycles. The first-order valence-electron chi connectivity index (χ1n) is 8.42. The predicted octanol–water partition coefficient (Wildman–Crippen LogP) is 4.53. The standard InChI is InChI=1S/C20H17ClN2O3S/c21-13-7-5-11(6-8-13)18-17(20(25)26)16(10-27-18)23-19(24)15-9-12-3-1-2-4-14(12)22-15/h1-8,10,15,19,22-24H,9H2,(H,25,26). The van der Waals surface area contributed by atoms with Crippen LogP contribution >= 0.6 is 22.9 Å². The Bertz CT molecular complexity index is 962. The molecule has 0 fully saturated rings. The second-order valence-corrected chi connectivity index (χ2v) is 7.68. The zero-order valence-corrected chi connectivity index (χ0v) is 15.7. The minimum absolute atomic E-state index is 0.150. The molecule has 2 atom stereocenters. The molecule has 0 saturated carbocycles. The summed E-state index contributed by atoms with van der Waals surface area (Å²) in [5.41, 5.74) is 3.46. The van der Waals surface area contributed by atoms with E-state index < -0.39 is 12.2 Å². The van der Waals surface area contributed by atoms with Gasteiger partial charge in [-0.3, -0.25) is 0 Å². The molecule has 0 radical (unpaired) electrons. The van der Waals surface area contributed by atoms with Crippen molar-refractivity contribution in [3.8, 4) is 10.4 Å². The number of halogens is 1. The van der Waals surface area contributed by atoms with Crippen molar-refractivity contribution in [2.45, 2.75) is 18.7 Å². The van der Waals surface area contributed by atoms with Gasteiger partial charge in [0.2, 0.25) is 0 Å². The molecule has 138 valence electrons. The molecule has 1 aromatic heterocycles. The van der Waals surface area contributed by atoms with Gasteiger partial charge in [0.05, 0.1) is 16.6 Å². The summed E-state index contributed by atoms with van der Waals surface area (Å²) in [5.74, 6) is -1.04. The first-order valence-corrected chi connectivity index (χ1v) is 9.68. The second kappa shape index (κ2) is 7.23. The Morgan fingerprint density at radius 1 is 1.22 bits per heavy atom. The minimum Gasteiger partial charge on any atom is -0.478 e. The number of fused-ring (bicyclic) bond motifs is 1. The van der Waals surface area contributed by atoms with Gasteiger partial charge in [-0.25, -0.2) is 4.79 Å². The summed E-state index contributed by atoms with van der Waals surface area (Å²) in [6, 6.07) is 14.7. The number of carboxylic acid groups (broad SMARTS) is 1. The van der Waals surface area contributed by atoms with Crippen LogP contribution in [0.3, 0.4) is 0 Å². The number of thiophene rings is 1. The fourth-order valence-electron chi connectivity index (χ4n) is 3.27. The number of para-hydroxylation sites is 1. The molecule has 7 heteroatoms. The number of hydrogen-bond acceptors (Lipinski definition) is 5. The Morgan fingerprint density at radius 3 is 2.67 bits per heavy atom. The molecule has 0 saturated heterocycles. The van der Waals surface area contributed by atoms with E-state index >= 15 is 0 Å². The quantitative estimate of drug-likeness (QED) is 0.473. The van der Waals surface area contributed by atoms with Gasteiger partial charge in [-0.1, -0.05) is 41.9 Å². The molecule has 5 nitrogen and oxygen atoms in total. The van der Waals surface area contributed by atoms with Crippen LogP contribution in [0.5, 0.6) is 0 Å². The summed E-state index contributed by atoms with van der Waals surface area (Å²) < 4.78 is 0. The fraction of sp³-hybridized carbons (Fsp3) is 0.150. The lowest BCUT2D eigenvalue weighted by molar-refractivity contribution is 0.0699. The maximum absolute atomic E-state index is 11.9. The van der Waals surface area contributed by atoms with E-state index in [0.29, 0.717) is 22.0 Å². The van der Waals surface area contributed by atoms with Crippen LogP contribution in [0.15, 0.2) is 53.9 Å². The van der Waals surface area contributed by atoms with Crippen molar-refractivity contribution < 1.29 is 15.0 Å². The van der Waals surface area contributed by atoms with Gasteiger partial charge in [0.25, 0.3) is 0 Å². The van der Waals surface area contributed by atoms with Crippen molar-refractivity contribution in [2.75, 3.05) is 10.6 Å². The summed E-state index contributed by atoms with van der Waals surface area (Å²) in [6.07, 6.45) is -0.260. The lowest BCUT2D eigenvalue weighted by Crippen LogP contribution is -2.38. The minimum atomic E-state index is -1.04. The topological polar surface area (TPSA) is 81.6 Å². The van der Waals surface area contributed by atoms with Crippen LogP contribution in [0.25, 0.3) is 10.4 Å². The molecule has 0 amide bonds. The van der Waals surface area contributed by atoms with E-state index in [9.17, 15) is 15.0 Å². The van der Waals surface area contributed by atoms with Crippen molar-refractivity contribution in [3.63, 3.8) is 0 Å². The van der Waals surface area contributed by atoms with E-state index in [4.69, 9.17) is 11.6 Å². The highest BCUT2D eigenvalue weighted by atomic mass is 35.5. The van der Waals surface area contributed by atoms with Gasteiger partial charge in [0.15, 0.2) is 0 Å². The summed E-state index contributed by atoms with van der Waals surface area (Å²) >= 11 is 7.24. The van der Waals surface area contributed by atoms with E-state index in [2.05, 4.69) is 10.6 Å². The van der Waals surface area contributed by atoms with Crippen LogP contribution < -0.4 is 10.6 Å². The lowest BCUT2D eigenvalue weighted by Gasteiger charge is -2.21. The first-order chi connectivity index (χ1) is 13.0. The molecule has 0 spiro atoms. The van der Waals surface area contributed by atoms with Gasteiger partial charge < -0.3 is 20.8 Å². The van der Waals surface area contributed by atoms with E-state index in [-0.39, 0.29) is 11.6 Å². The first kappa shape index (κ1) is 17.9. The third-order valence-electron chi connectivity index (χ3n) is 4.59. The molecule has 2 aromatic carbocycles. The van der Waals surface area contributed by atoms with Crippen LogP contribution in [0, 0.1) is 0 Å². The van der Waals surface area contributed by atoms with Gasteiger partial charge in [0, 0.05) is 16.1 Å². The molecule has 0 bridgehead atoms. The number of aliphatic hydroxyl groups excluding tert-OH is 1. The monoisotopic (exact) mass is 400 g/mol. The average molecular weight is 401 g/mol. The molecule has 2 unspecified atom stereocenters. The van der Waals surface area contributed by atoms with Crippen molar-refractivity contribution in [1.29, 1.82) is 0 Å². The maximum atomic E-state index is 11.9. The van der Waals surface area contributed by atoms with Crippen molar-refractivity contribution >= 4 is 40.3 Å².